The maximum atomic E-state index is 13.1. The molecule has 0 radical (unpaired) electrons. The smallest absolute Gasteiger partial charge is 0.272 e. The minimum Gasteiger partial charge on any atom is -0.496 e. The second-order valence-electron chi connectivity index (χ2n) is 6.69. The highest BCUT2D eigenvalue weighted by Crippen LogP contribution is 2.24. The van der Waals surface area contributed by atoms with Gasteiger partial charge in [0.15, 0.2) is 5.16 Å². The highest BCUT2D eigenvalue weighted by Gasteiger charge is 2.17. The van der Waals surface area contributed by atoms with E-state index in [0.29, 0.717) is 21.9 Å². The summed E-state index contributed by atoms with van der Waals surface area (Å²) in [5, 5.41) is 2.41. The number of methoxy groups -OCH3 is 1. The number of fused-ring (bicyclic) bond motifs is 1. The summed E-state index contributed by atoms with van der Waals surface area (Å²) >= 11 is 2.69. The fourth-order valence-electron chi connectivity index (χ4n) is 2.93. The van der Waals surface area contributed by atoms with Crippen LogP contribution in [0, 0.1) is 0 Å². The summed E-state index contributed by atoms with van der Waals surface area (Å²) in [5.41, 5.74) is 1.47. The quantitative estimate of drug-likeness (QED) is 0.380. The lowest BCUT2D eigenvalue weighted by atomic mass is 10.2. The van der Waals surface area contributed by atoms with Crippen LogP contribution in [-0.4, -0.2) is 46.8 Å². The highest BCUT2D eigenvalue weighted by molar-refractivity contribution is 7.99. The SMILES string of the molecule is CCCCN(C)C(=O)CSc1nc2ccsc2c(=O)n1Cc1ccccc1OC. The van der Waals surface area contributed by atoms with E-state index in [4.69, 9.17) is 4.74 Å². The Morgan fingerprint density at radius 3 is 2.86 bits per heavy atom. The van der Waals surface area contributed by atoms with E-state index in [0.717, 1.165) is 30.7 Å². The van der Waals surface area contributed by atoms with Crippen molar-refractivity contribution in [2.75, 3.05) is 26.5 Å². The van der Waals surface area contributed by atoms with Crippen molar-refractivity contribution in [2.24, 2.45) is 0 Å². The van der Waals surface area contributed by atoms with Crippen molar-refractivity contribution < 1.29 is 9.53 Å². The lowest BCUT2D eigenvalue weighted by Crippen LogP contribution is -2.30. The molecule has 2 heterocycles. The Bertz CT molecular complexity index is 1050. The van der Waals surface area contributed by atoms with Gasteiger partial charge in [-0.05, 0) is 23.9 Å². The lowest BCUT2D eigenvalue weighted by Gasteiger charge is -2.17. The van der Waals surface area contributed by atoms with Crippen LogP contribution in [0.25, 0.3) is 10.2 Å². The molecule has 8 heteroatoms. The number of carbonyl (C=O) groups is 1. The molecule has 1 aromatic carbocycles. The molecule has 0 unspecified atom stereocenters. The van der Waals surface area contributed by atoms with Crippen LogP contribution in [0.2, 0.25) is 0 Å². The summed E-state index contributed by atoms with van der Waals surface area (Å²) in [6, 6.07) is 9.46. The van der Waals surface area contributed by atoms with E-state index >= 15 is 0 Å². The molecule has 154 valence electrons. The largest absolute Gasteiger partial charge is 0.496 e. The van der Waals surface area contributed by atoms with Crippen molar-refractivity contribution in [3.8, 4) is 5.75 Å². The van der Waals surface area contributed by atoms with E-state index in [1.165, 1.54) is 23.1 Å². The number of thioether (sulfide) groups is 1. The van der Waals surface area contributed by atoms with Gasteiger partial charge in [-0.25, -0.2) is 4.98 Å². The third kappa shape index (κ3) is 5.00. The van der Waals surface area contributed by atoms with Crippen LogP contribution < -0.4 is 10.3 Å². The molecule has 0 saturated heterocycles. The molecule has 0 saturated carbocycles. The van der Waals surface area contributed by atoms with Crippen molar-refractivity contribution in [3.05, 3.63) is 51.6 Å². The third-order valence-electron chi connectivity index (χ3n) is 4.65. The molecule has 29 heavy (non-hydrogen) atoms. The fraction of sp³-hybridized carbons (Fsp3) is 0.381. The molecule has 3 rings (SSSR count). The van der Waals surface area contributed by atoms with E-state index in [-0.39, 0.29) is 17.2 Å². The number of ether oxygens (including phenoxy) is 1. The second-order valence-corrected chi connectivity index (χ2v) is 8.55. The molecule has 0 bridgehead atoms. The number of rotatable bonds is 9. The summed E-state index contributed by atoms with van der Waals surface area (Å²) in [6.07, 6.45) is 2.02. The van der Waals surface area contributed by atoms with E-state index in [1.807, 2.05) is 42.8 Å². The van der Waals surface area contributed by atoms with E-state index in [2.05, 4.69) is 11.9 Å². The second kappa shape index (κ2) is 9.93. The third-order valence-corrected chi connectivity index (χ3v) is 6.50. The summed E-state index contributed by atoms with van der Waals surface area (Å²) < 4.78 is 7.70. The summed E-state index contributed by atoms with van der Waals surface area (Å²) in [6.45, 7) is 3.18. The van der Waals surface area contributed by atoms with Crippen LogP contribution in [0.4, 0.5) is 0 Å². The summed E-state index contributed by atoms with van der Waals surface area (Å²) in [7, 11) is 3.43. The maximum absolute atomic E-state index is 13.1. The van der Waals surface area contributed by atoms with Gasteiger partial charge in [0.2, 0.25) is 5.91 Å². The molecule has 0 fully saturated rings. The van der Waals surface area contributed by atoms with Gasteiger partial charge in [0, 0.05) is 19.2 Å². The van der Waals surface area contributed by atoms with Gasteiger partial charge in [0.05, 0.1) is 24.9 Å². The zero-order chi connectivity index (χ0) is 20.8. The molecular weight excluding hydrogens is 406 g/mol. The average molecular weight is 432 g/mol. The first-order valence-electron chi connectivity index (χ1n) is 9.51. The van der Waals surface area contributed by atoms with Gasteiger partial charge in [-0.1, -0.05) is 43.3 Å². The number of aromatic nitrogens is 2. The maximum Gasteiger partial charge on any atom is 0.272 e. The summed E-state index contributed by atoms with van der Waals surface area (Å²) in [5.74, 6) is 0.998. The predicted octanol–water partition coefficient (Wildman–Crippen LogP) is 3.87. The van der Waals surface area contributed by atoms with Gasteiger partial charge in [-0.2, -0.15) is 0 Å². The zero-order valence-corrected chi connectivity index (χ0v) is 18.5. The lowest BCUT2D eigenvalue weighted by molar-refractivity contribution is -0.127. The van der Waals surface area contributed by atoms with Crippen molar-refractivity contribution >= 4 is 39.2 Å². The number of hydrogen-bond donors (Lipinski definition) is 0. The Morgan fingerprint density at radius 1 is 1.31 bits per heavy atom. The Morgan fingerprint density at radius 2 is 2.10 bits per heavy atom. The van der Waals surface area contributed by atoms with Crippen molar-refractivity contribution in [1.82, 2.24) is 14.5 Å². The van der Waals surface area contributed by atoms with Crippen LogP contribution in [0.15, 0.2) is 45.7 Å². The molecule has 0 aliphatic heterocycles. The topological polar surface area (TPSA) is 64.4 Å². The molecule has 0 spiro atoms. The van der Waals surface area contributed by atoms with E-state index < -0.39 is 0 Å². The Labute approximate surface area is 178 Å². The standard InChI is InChI=1S/C21H25N3O3S2/c1-4-5-11-23(2)18(25)14-29-21-22-16-10-12-28-19(16)20(26)24(21)13-15-8-6-7-9-17(15)27-3/h6-10,12H,4-5,11,13-14H2,1-3H3. The Kier molecular flexibility index (Phi) is 7.33. The number of nitrogens with zero attached hydrogens (tertiary/aromatic N) is 3. The van der Waals surface area contributed by atoms with Crippen molar-refractivity contribution in [1.29, 1.82) is 0 Å². The number of carbonyl (C=O) groups excluding carboxylic acids is 1. The van der Waals surface area contributed by atoms with Crippen LogP contribution in [0.3, 0.4) is 0 Å². The van der Waals surface area contributed by atoms with Gasteiger partial charge in [0.25, 0.3) is 5.56 Å². The average Bonchev–Trinajstić information content (AvgIpc) is 3.21. The van der Waals surface area contributed by atoms with Gasteiger partial charge in [-0.3, -0.25) is 14.2 Å². The van der Waals surface area contributed by atoms with Gasteiger partial charge in [-0.15, -0.1) is 11.3 Å². The van der Waals surface area contributed by atoms with Gasteiger partial charge in [0.1, 0.15) is 10.4 Å². The molecule has 0 aliphatic rings. The van der Waals surface area contributed by atoms with E-state index in [9.17, 15) is 9.59 Å². The number of para-hydroxylation sites is 1. The first-order valence-corrected chi connectivity index (χ1v) is 11.4. The van der Waals surface area contributed by atoms with E-state index in [1.54, 1.807) is 16.6 Å². The zero-order valence-electron chi connectivity index (χ0n) is 16.9. The highest BCUT2D eigenvalue weighted by atomic mass is 32.2. The van der Waals surface area contributed by atoms with Gasteiger partial charge >= 0.3 is 0 Å². The van der Waals surface area contributed by atoms with Crippen LogP contribution in [-0.2, 0) is 11.3 Å². The number of unbranched alkanes of at least 4 members (excludes halogenated alkanes) is 1. The molecule has 2 aromatic heterocycles. The minimum absolute atomic E-state index is 0.0342. The minimum atomic E-state index is -0.0924. The monoisotopic (exact) mass is 431 g/mol. The van der Waals surface area contributed by atoms with Crippen LogP contribution in [0.5, 0.6) is 5.75 Å². The normalized spacial score (nSPS) is 11.0. The number of amides is 1. The molecule has 3 aromatic rings. The van der Waals surface area contributed by atoms with Gasteiger partial charge < -0.3 is 9.64 Å². The van der Waals surface area contributed by atoms with Crippen LogP contribution >= 0.6 is 23.1 Å². The van der Waals surface area contributed by atoms with Crippen molar-refractivity contribution in [2.45, 2.75) is 31.5 Å². The Balaban J connectivity index is 1.90. The predicted molar refractivity (Wildman–Crippen MR) is 119 cm³/mol. The van der Waals surface area contributed by atoms with Crippen molar-refractivity contribution in [3.63, 3.8) is 0 Å². The molecule has 0 aliphatic carbocycles. The number of thiophene rings is 1. The summed E-state index contributed by atoms with van der Waals surface area (Å²) in [4.78, 5) is 32.0. The first-order chi connectivity index (χ1) is 14.0. The van der Waals surface area contributed by atoms with Crippen LogP contribution in [0.1, 0.15) is 25.3 Å². The fourth-order valence-corrected chi connectivity index (χ4v) is 4.65. The first kappa shape index (κ1) is 21.4. The molecule has 0 atom stereocenters. The molecule has 1 amide bonds. The number of benzene rings is 1. The molecule has 0 N–H and O–H groups in total. The number of hydrogen-bond acceptors (Lipinski definition) is 6. The molecular formula is C21H25N3O3S2. The Hall–Kier alpha value is -2.32. The molecule has 6 nitrogen and oxygen atoms in total.